The van der Waals surface area contributed by atoms with Crippen molar-refractivity contribution >= 4 is 17.8 Å². The molecule has 0 unspecified atom stereocenters. The summed E-state index contributed by atoms with van der Waals surface area (Å²) in [5, 5.41) is 1.65. The molecule has 2 N–H and O–H groups in total. The molecule has 4 atom stereocenters. The lowest BCUT2D eigenvalue weighted by atomic mass is 9.75. The number of hydrogen-bond acceptors (Lipinski definition) is 4. The van der Waals surface area contributed by atoms with Crippen molar-refractivity contribution in [1.29, 1.82) is 0 Å². The molecule has 0 saturated carbocycles. The van der Waals surface area contributed by atoms with Gasteiger partial charge in [-0.25, -0.2) is 9.18 Å². The van der Waals surface area contributed by atoms with Gasteiger partial charge in [-0.05, 0) is 13.0 Å². The van der Waals surface area contributed by atoms with Gasteiger partial charge in [0.2, 0.25) is 17.4 Å². The Morgan fingerprint density at radius 1 is 1.10 bits per heavy atom. The normalized spacial score (nSPS) is 28.5. The van der Waals surface area contributed by atoms with Gasteiger partial charge in [0.25, 0.3) is 0 Å². The third kappa shape index (κ3) is 2.68. The first-order valence-electron chi connectivity index (χ1n) is 9.58. The van der Waals surface area contributed by atoms with E-state index in [4.69, 9.17) is 4.74 Å². The largest absolute Gasteiger partial charge is 0.461 e. The molecule has 29 heavy (non-hydrogen) atoms. The van der Waals surface area contributed by atoms with Gasteiger partial charge < -0.3 is 10.1 Å². The van der Waals surface area contributed by atoms with E-state index in [1.165, 1.54) is 13.1 Å². The summed E-state index contributed by atoms with van der Waals surface area (Å²) in [7, 11) is 1.41. The Bertz CT molecular complexity index is 980. The van der Waals surface area contributed by atoms with Gasteiger partial charge in [-0.15, -0.1) is 0 Å². The van der Waals surface area contributed by atoms with Crippen LogP contribution in [0.1, 0.15) is 24.1 Å². The molecular formula is C22H22FN2O4+. The van der Waals surface area contributed by atoms with Crippen molar-refractivity contribution in [3.8, 4) is 0 Å². The molecule has 4 rings (SSSR count). The second-order valence-corrected chi connectivity index (χ2v) is 7.41. The average molecular weight is 397 g/mol. The lowest BCUT2D eigenvalue weighted by Gasteiger charge is -2.29. The Morgan fingerprint density at radius 3 is 2.41 bits per heavy atom. The zero-order chi connectivity index (χ0) is 20.8. The lowest BCUT2D eigenvalue weighted by molar-refractivity contribution is -0.742. The van der Waals surface area contributed by atoms with Crippen LogP contribution in [0.25, 0.3) is 0 Å². The minimum Gasteiger partial charge on any atom is -0.461 e. The first-order valence-corrected chi connectivity index (χ1v) is 9.58. The predicted molar refractivity (Wildman–Crippen MR) is 101 cm³/mol. The van der Waals surface area contributed by atoms with Gasteiger partial charge in [-0.1, -0.05) is 48.5 Å². The van der Waals surface area contributed by atoms with Crippen LogP contribution in [0.5, 0.6) is 0 Å². The molecule has 2 amide bonds. The standard InChI is InChI=1S/C22H21FN2O4/c1-3-29-21(28)22(13-9-5-4-6-10-13)17-16(19(26)25(2)20(17)27)18(24-22)14-11-7-8-12-15(14)23/h4-12,16-18,24H,3H2,1-2H3/p+1/t16-,17+,18-,22+/m0/s1. The molecule has 0 bridgehead atoms. The Labute approximate surface area is 167 Å². The molecule has 150 valence electrons. The summed E-state index contributed by atoms with van der Waals surface area (Å²) in [5.74, 6) is -3.79. The molecule has 0 radical (unpaired) electrons. The first-order chi connectivity index (χ1) is 13.9. The monoisotopic (exact) mass is 397 g/mol. The third-order valence-electron chi connectivity index (χ3n) is 6.02. The highest BCUT2D eigenvalue weighted by molar-refractivity contribution is 6.08. The summed E-state index contributed by atoms with van der Waals surface area (Å²) in [6.07, 6.45) is 0. The zero-order valence-corrected chi connectivity index (χ0v) is 16.2. The maximum atomic E-state index is 14.7. The van der Waals surface area contributed by atoms with Crippen LogP contribution in [0.15, 0.2) is 54.6 Å². The molecule has 7 heteroatoms. The summed E-state index contributed by atoms with van der Waals surface area (Å²) < 4.78 is 20.1. The van der Waals surface area contributed by atoms with E-state index in [9.17, 15) is 18.8 Å². The number of hydrogen-bond donors (Lipinski definition) is 1. The highest BCUT2D eigenvalue weighted by atomic mass is 19.1. The molecule has 2 aliphatic heterocycles. The highest BCUT2D eigenvalue weighted by Gasteiger charge is 2.73. The second kappa shape index (κ2) is 7.08. The Hall–Kier alpha value is -3.06. The quantitative estimate of drug-likeness (QED) is 0.620. The molecule has 2 aromatic carbocycles. The number of nitrogens with zero attached hydrogens (tertiary/aromatic N) is 1. The van der Waals surface area contributed by atoms with E-state index in [-0.39, 0.29) is 6.61 Å². The van der Waals surface area contributed by atoms with Crippen LogP contribution in [0, 0.1) is 17.7 Å². The van der Waals surface area contributed by atoms with Crippen molar-refractivity contribution in [2.75, 3.05) is 13.7 Å². The van der Waals surface area contributed by atoms with Gasteiger partial charge in [-0.2, -0.15) is 0 Å². The van der Waals surface area contributed by atoms with E-state index in [1.54, 1.807) is 60.8 Å². The number of nitrogens with two attached hydrogens (primary N) is 1. The van der Waals surface area contributed by atoms with Crippen molar-refractivity contribution in [2.45, 2.75) is 18.5 Å². The molecule has 2 aromatic rings. The summed E-state index contributed by atoms with van der Waals surface area (Å²) >= 11 is 0. The van der Waals surface area contributed by atoms with Crippen molar-refractivity contribution in [1.82, 2.24) is 4.90 Å². The highest BCUT2D eigenvalue weighted by Crippen LogP contribution is 2.48. The number of quaternary nitrogens is 1. The van der Waals surface area contributed by atoms with Gasteiger partial charge in [0.15, 0.2) is 0 Å². The third-order valence-corrected chi connectivity index (χ3v) is 6.02. The Morgan fingerprint density at radius 2 is 1.76 bits per heavy atom. The van der Waals surface area contributed by atoms with Crippen molar-refractivity contribution in [3.05, 3.63) is 71.5 Å². The predicted octanol–water partition coefficient (Wildman–Crippen LogP) is 1.13. The molecule has 6 nitrogen and oxygen atoms in total. The molecule has 0 spiro atoms. The van der Waals surface area contributed by atoms with E-state index in [2.05, 4.69) is 0 Å². The lowest BCUT2D eigenvalue weighted by Crippen LogP contribution is -2.96. The molecule has 2 saturated heterocycles. The number of ether oxygens (including phenoxy) is 1. The maximum Gasteiger partial charge on any atom is 0.373 e. The topological polar surface area (TPSA) is 80.3 Å². The number of halogens is 1. The van der Waals surface area contributed by atoms with Crippen molar-refractivity contribution < 1.29 is 28.8 Å². The summed E-state index contributed by atoms with van der Waals surface area (Å²) in [4.78, 5) is 40.5. The van der Waals surface area contributed by atoms with E-state index in [0.717, 1.165) is 4.90 Å². The van der Waals surface area contributed by atoms with Gasteiger partial charge in [-0.3, -0.25) is 14.5 Å². The molecule has 0 aliphatic carbocycles. The Kier molecular flexibility index (Phi) is 4.70. The molecule has 0 aromatic heterocycles. The summed E-state index contributed by atoms with van der Waals surface area (Å²) in [5.41, 5.74) is -0.614. The van der Waals surface area contributed by atoms with Crippen LogP contribution in [-0.2, 0) is 24.7 Å². The summed E-state index contributed by atoms with van der Waals surface area (Å²) in [6.45, 7) is 1.81. The first kappa shape index (κ1) is 19.3. The molecule has 2 aliphatic rings. The number of likely N-dealkylation sites (tertiary alicyclic amines) is 1. The van der Waals surface area contributed by atoms with Crippen LogP contribution < -0.4 is 5.32 Å². The second-order valence-electron chi connectivity index (χ2n) is 7.41. The number of esters is 1. The molecular weight excluding hydrogens is 375 g/mol. The van der Waals surface area contributed by atoms with Crippen LogP contribution in [0.3, 0.4) is 0 Å². The van der Waals surface area contributed by atoms with Gasteiger partial charge in [0.05, 0.1) is 6.61 Å². The van der Waals surface area contributed by atoms with Gasteiger partial charge >= 0.3 is 5.97 Å². The fourth-order valence-corrected chi connectivity index (χ4v) is 4.75. The van der Waals surface area contributed by atoms with Gasteiger partial charge in [0, 0.05) is 18.2 Å². The van der Waals surface area contributed by atoms with Crippen LogP contribution >= 0.6 is 0 Å². The number of carbonyl (C=O) groups is 3. The van der Waals surface area contributed by atoms with Crippen molar-refractivity contribution in [3.63, 3.8) is 0 Å². The summed E-state index contributed by atoms with van der Waals surface area (Å²) in [6, 6.07) is 14.2. The number of fused-ring (bicyclic) bond motifs is 1. The number of amides is 2. The Balaban J connectivity index is 1.96. The molecule has 2 fully saturated rings. The maximum absolute atomic E-state index is 14.7. The SMILES string of the molecule is CCOC(=O)[C@]1(c2ccccc2)[NH2+][C@@H](c2ccccc2F)[C@H]2C(=O)N(C)C(=O)[C@@H]21. The number of imide groups is 1. The number of benzene rings is 2. The smallest absolute Gasteiger partial charge is 0.373 e. The van der Waals surface area contributed by atoms with Crippen molar-refractivity contribution in [2.24, 2.45) is 11.8 Å². The fourth-order valence-electron chi connectivity index (χ4n) is 4.75. The number of carbonyl (C=O) groups excluding carboxylic acids is 3. The minimum absolute atomic E-state index is 0.126. The number of rotatable bonds is 4. The van der Waals surface area contributed by atoms with E-state index in [1.807, 2.05) is 0 Å². The van der Waals surface area contributed by atoms with E-state index >= 15 is 0 Å². The average Bonchev–Trinajstić information content (AvgIpc) is 3.20. The minimum atomic E-state index is -1.47. The molecule has 2 heterocycles. The zero-order valence-electron chi connectivity index (χ0n) is 16.2. The van der Waals surface area contributed by atoms with E-state index < -0.39 is 47.0 Å². The fraction of sp³-hybridized carbons (Fsp3) is 0.318. The van der Waals surface area contributed by atoms with E-state index in [0.29, 0.717) is 11.1 Å². The van der Waals surface area contributed by atoms with Gasteiger partial charge in [0.1, 0.15) is 23.7 Å². The van der Waals surface area contributed by atoms with Crippen LogP contribution in [0.4, 0.5) is 4.39 Å². The van der Waals surface area contributed by atoms with Crippen LogP contribution in [0.2, 0.25) is 0 Å². The van der Waals surface area contributed by atoms with Crippen LogP contribution in [-0.4, -0.2) is 36.3 Å².